The molecule has 0 saturated heterocycles. The molecular weight excluding hydrogens is 891 g/mol. The Bertz CT molecular complexity index is 2840. The van der Waals surface area contributed by atoms with E-state index in [-0.39, 0.29) is 25.5 Å². The summed E-state index contributed by atoms with van der Waals surface area (Å²) in [5.74, 6) is 0.816. The Morgan fingerprint density at radius 1 is 0.737 bits per heavy atom. The molecule has 0 bridgehead atoms. The van der Waals surface area contributed by atoms with E-state index in [1.807, 2.05) is 36.4 Å². The third kappa shape index (κ3) is 7.95. The van der Waals surface area contributed by atoms with E-state index < -0.39 is 8.07 Å². The number of nitrogens with zero attached hydrogens (tertiary/aromatic N) is 3. The van der Waals surface area contributed by atoms with Crippen molar-refractivity contribution in [3.63, 3.8) is 0 Å². The van der Waals surface area contributed by atoms with Crippen LogP contribution < -0.4 is 5.19 Å². The summed E-state index contributed by atoms with van der Waals surface area (Å²) < 4.78 is 8.69. The first kappa shape index (κ1) is 39.8. The number of aromatic nitrogens is 3. The van der Waals surface area contributed by atoms with Crippen molar-refractivity contribution in [2.24, 2.45) is 0 Å². The molecule has 3 aromatic heterocycles. The van der Waals surface area contributed by atoms with Crippen molar-refractivity contribution >= 4 is 46.2 Å². The average Bonchev–Trinajstić information content (AvgIpc) is 3.77. The van der Waals surface area contributed by atoms with Gasteiger partial charge in [0.15, 0.2) is 0 Å². The topological polar surface area (TPSA) is 43.9 Å². The first-order chi connectivity index (χ1) is 26.9. The molecule has 0 N–H and O–H groups in total. The second kappa shape index (κ2) is 15.9. The zero-order valence-electron chi connectivity index (χ0n) is 33.9. The summed E-state index contributed by atoms with van der Waals surface area (Å²) in [4.78, 5) is 9.77. The van der Waals surface area contributed by atoms with E-state index in [0.717, 1.165) is 61.3 Å². The number of hydrogen-bond donors (Lipinski definition) is 0. The number of benzene rings is 6. The van der Waals surface area contributed by atoms with Crippen LogP contribution in [-0.4, -0.2) is 22.6 Å². The maximum atomic E-state index is 6.42. The fourth-order valence-corrected chi connectivity index (χ4v) is 9.20. The fraction of sp³-hybridized carbons (Fsp3) is 0.176. The minimum absolute atomic E-state index is 0. The van der Waals surface area contributed by atoms with Gasteiger partial charge in [-0.25, -0.2) is 0 Å². The van der Waals surface area contributed by atoms with Gasteiger partial charge in [0.25, 0.3) is 0 Å². The zero-order chi connectivity index (χ0) is 39.2. The molecule has 3 heterocycles. The predicted octanol–water partition coefficient (Wildman–Crippen LogP) is 13.1. The molecule has 0 aliphatic heterocycles. The summed E-state index contributed by atoms with van der Waals surface area (Å²) in [7, 11) is -1.28. The van der Waals surface area contributed by atoms with E-state index in [4.69, 9.17) is 9.40 Å². The van der Waals surface area contributed by atoms with E-state index in [1.54, 1.807) is 0 Å². The van der Waals surface area contributed by atoms with Crippen LogP contribution in [0.5, 0.6) is 0 Å². The maximum Gasteiger partial charge on any atom is 0.120 e. The van der Waals surface area contributed by atoms with Gasteiger partial charge in [-0.2, -0.15) is 0 Å². The second-order valence-corrected chi connectivity index (χ2v) is 21.8. The zero-order valence-corrected chi connectivity index (χ0v) is 37.3. The number of imidazole rings is 1. The molecule has 6 heteroatoms. The summed E-state index contributed by atoms with van der Waals surface area (Å²) in [6, 6.07) is 53.1. The number of aryl methyl sites for hydroxylation is 2. The summed E-state index contributed by atoms with van der Waals surface area (Å²) >= 11 is 0. The van der Waals surface area contributed by atoms with Crippen LogP contribution >= 0.6 is 0 Å². The number of para-hydroxylation sites is 3. The van der Waals surface area contributed by atoms with Gasteiger partial charge in [-0.3, -0.25) is 4.98 Å². The molecule has 0 amide bonds. The van der Waals surface area contributed by atoms with Crippen LogP contribution in [0, 0.1) is 26.0 Å². The summed E-state index contributed by atoms with van der Waals surface area (Å²) in [5, 5.41) is 3.61. The molecule has 287 valence electrons. The van der Waals surface area contributed by atoms with Gasteiger partial charge < -0.3 is 14.0 Å². The first-order valence-corrected chi connectivity index (χ1v) is 22.8. The van der Waals surface area contributed by atoms with Gasteiger partial charge in [0.2, 0.25) is 0 Å². The number of pyridine rings is 1. The average molecular weight is 938 g/mol. The molecule has 9 aromatic rings. The number of fused-ring (bicyclic) bond motifs is 4. The van der Waals surface area contributed by atoms with Crippen molar-refractivity contribution in [2.45, 2.75) is 59.7 Å². The van der Waals surface area contributed by atoms with Crippen molar-refractivity contribution in [1.29, 1.82) is 0 Å². The first-order valence-electron chi connectivity index (χ1n) is 19.3. The van der Waals surface area contributed by atoms with Gasteiger partial charge in [-0.15, -0.1) is 53.6 Å². The fourth-order valence-electron chi connectivity index (χ4n) is 7.49. The molecule has 57 heavy (non-hydrogen) atoms. The molecule has 0 spiro atoms. The van der Waals surface area contributed by atoms with Gasteiger partial charge in [0.05, 0.1) is 30.5 Å². The Morgan fingerprint density at radius 3 is 2.19 bits per heavy atom. The van der Waals surface area contributed by atoms with Gasteiger partial charge in [0, 0.05) is 42.9 Å². The normalized spacial score (nSPS) is 11.7. The molecule has 0 atom stereocenters. The van der Waals surface area contributed by atoms with E-state index in [2.05, 4.69) is 179 Å². The van der Waals surface area contributed by atoms with E-state index in [9.17, 15) is 0 Å². The molecule has 0 aliphatic rings. The molecule has 9 rings (SSSR count). The van der Waals surface area contributed by atoms with E-state index >= 15 is 0 Å². The summed E-state index contributed by atoms with van der Waals surface area (Å²) in [6.07, 6.45) is 2.06. The van der Waals surface area contributed by atoms with Crippen LogP contribution in [0.4, 0.5) is 0 Å². The summed E-state index contributed by atoms with van der Waals surface area (Å²) in [5.41, 5.74) is 13.9. The van der Waals surface area contributed by atoms with Crippen LogP contribution in [0.2, 0.25) is 19.6 Å². The molecule has 4 nitrogen and oxygen atoms in total. The van der Waals surface area contributed by atoms with E-state index in [0.29, 0.717) is 0 Å². The van der Waals surface area contributed by atoms with Crippen molar-refractivity contribution in [2.75, 3.05) is 0 Å². The molecule has 0 unspecified atom stereocenters. The van der Waals surface area contributed by atoms with Crippen LogP contribution in [0.25, 0.3) is 72.4 Å². The van der Waals surface area contributed by atoms with Crippen LogP contribution in [0.15, 0.2) is 144 Å². The van der Waals surface area contributed by atoms with Crippen LogP contribution in [0.1, 0.15) is 37.5 Å². The standard InChI is InChI=1S/C35H27N2O.C16H20NSi.Ir/c1-35(2,3)24-20-21-30(28(22-24)23-12-5-4-6-13-23)37-31-18-9-8-17-29(31)36-34(37)27-16-11-15-26-25-14-7-10-19-32(25)38-33(26)27;1-12-6-8-14(9-7-12)15-10-13(2)16(11-17-15)18(3,4)5;/h4-15,17-22H,1-3H3;6-8,10-11H,1-5H3;/q2*-1;. The third-order valence-electron chi connectivity index (χ3n) is 10.5. The van der Waals surface area contributed by atoms with Gasteiger partial charge in [-0.1, -0.05) is 137 Å². The van der Waals surface area contributed by atoms with Crippen LogP contribution in [0.3, 0.4) is 0 Å². The maximum absolute atomic E-state index is 6.42. The van der Waals surface area contributed by atoms with Crippen molar-refractivity contribution in [3.05, 3.63) is 168 Å². The molecule has 6 aromatic carbocycles. The number of hydrogen-bond acceptors (Lipinski definition) is 3. The molecule has 0 saturated carbocycles. The monoisotopic (exact) mass is 938 g/mol. The molecule has 0 fully saturated rings. The number of furan rings is 1. The quantitative estimate of drug-likeness (QED) is 0.128. The molecule has 0 aliphatic carbocycles. The number of rotatable bonds is 5. The van der Waals surface area contributed by atoms with Gasteiger partial charge in [0.1, 0.15) is 5.58 Å². The smallest absolute Gasteiger partial charge is 0.120 e. The molecule has 1 radical (unpaired) electrons. The molecular formula is C51H47IrN3OSi-2. The predicted molar refractivity (Wildman–Crippen MR) is 238 cm³/mol. The second-order valence-electron chi connectivity index (χ2n) is 16.7. The Labute approximate surface area is 351 Å². The minimum atomic E-state index is -1.28. The minimum Gasteiger partial charge on any atom is -0.501 e. The van der Waals surface area contributed by atoms with Crippen LogP contribution in [-0.2, 0) is 25.5 Å². The van der Waals surface area contributed by atoms with Crippen molar-refractivity contribution < 1.29 is 24.5 Å². The Kier molecular flexibility index (Phi) is 11.1. The SMILES string of the molecule is CC(C)(C)c1ccc(-n2c(-c3[c-]ccc4c3oc3ccccc34)nc3ccccc32)c(-c2ccccc2)c1.Cc1c[c-]c(-c2cc(C)c([Si](C)(C)C)cn2)cc1.[Ir]. The third-order valence-corrected chi connectivity index (χ3v) is 12.6. The Morgan fingerprint density at radius 2 is 1.47 bits per heavy atom. The van der Waals surface area contributed by atoms with Gasteiger partial charge >= 0.3 is 0 Å². The van der Waals surface area contributed by atoms with Gasteiger partial charge in [-0.05, 0) is 64.7 Å². The Hall–Kier alpha value is -5.39. The van der Waals surface area contributed by atoms with Crippen molar-refractivity contribution in [1.82, 2.24) is 14.5 Å². The Balaban J connectivity index is 0.000000221. The van der Waals surface area contributed by atoms with Crippen molar-refractivity contribution in [3.8, 4) is 39.5 Å². The summed E-state index contributed by atoms with van der Waals surface area (Å²) in [6.45, 7) is 18.1. The van der Waals surface area contributed by atoms with E-state index in [1.165, 1.54) is 33.0 Å². The largest absolute Gasteiger partial charge is 0.501 e.